The molecule has 0 N–H and O–H groups in total. The predicted octanol–water partition coefficient (Wildman–Crippen LogP) is 3.61. The van der Waals surface area contributed by atoms with Crippen molar-refractivity contribution in [3.63, 3.8) is 0 Å². The van der Waals surface area contributed by atoms with E-state index >= 15 is 0 Å². The van der Waals surface area contributed by atoms with Gasteiger partial charge in [0.2, 0.25) is 0 Å². The largest absolute Gasteiger partial charge is 0.358 e. The molecule has 0 saturated heterocycles. The third-order valence-electron chi connectivity index (χ3n) is 0.667. The summed E-state index contributed by atoms with van der Waals surface area (Å²) in [5, 5.41) is 0. The van der Waals surface area contributed by atoms with Crippen molar-refractivity contribution in [2.75, 3.05) is 0 Å². The zero-order valence-corrected chi connectivity index (χ0v) is 17.7. The van der Waals surface area contributed by atoms with Crippen molar-refractivity contribution >= 4 is 0 Å². The van der Waals surface area contributed by atoms with Crippen molar-refractivity contribution < 1.29 is 20.4 Å². The van der Waals surface area contributed by atoms with Gasteiger partial charge >= 0.3 is 0 Å². The van der Waals surface area contributed by atoms with Crippen LogP contribution in [0.25, 0.3) is 0 Å². The van der Waals surface area contributed by atoms with Gasteiger partial charge in [-0.15, -0.1) is 0 Å². The van der Waals surface area contributed by atoms with Crippen molar-refractivity contribution in [1.82, 2.24) is 0 Å². The van der Waals surface area contributed by atoms with E-state index in [1.807, 2.05) is 50.2 Å². The summed E-state index contributed by atoms with van der Waals surface area (Å²) in [6, 6.07) is 12.0. The summed E-state index contributed by atoms with van der Waals surface area (Å²) in [4.78, 5) is 0. The molecule has 0 aliphatic heterocycles. The molecule has 1 aromatic carbocycles. The number of benzene rings is 1. The average Bonchev–Trinajstić information content (AvgIpc) is 1.96. The minimum atomic E-state index is 0. The third kappa shape index (κ3) is 23.2. The fraction of sp³-hybridized carbons (Fsp3) is 0.200. The van der Waals surface area contributed by atoms with Gasteiger partial charge in [-0.1, -0.05) is 50.2 Å². The van der Waals surface area contributed by atoms with E-state index in [4.69, 9.17) is 0 Å². The molecule has 69 valence electrons. The van der Waals surface area contributed by atoms with E-state index in [9.17, 15) is 0 Å². The first-order chi connectivity index (χ1) is 4.00. The van der Waals surface area contributed by atoms with Gasteiger partial charge in [0.25, 0.3) is 0 Å². The summed E-state index contributed by atoms with van der Waals surface area (Å²) in [5.74, 6) is 0. The normalized spacial score (nSPS) is 4.50. The molecular formula is C10H18ReRf-2. The first-order valence-electron chi connectivity index (χ1n) is 3.00. The zero-order chi connectivity index (χ0) is 6.24. The van der Waals surface area contributed by atoms with Crippen molar-refractivity contribution in [3.8, 4) is 0 Å². The van der Waals surface area contributed by atoms with E-state index in [0.717, 1.165) is 0 Å². The molecule has 0 saturated carbocycles. The van der Waals surface area contributed by atoms with Gasteiger partial charge in [-0.05, 0) is 0 Å². The van der Waals surface area contributed by atoms with E-state index in [1.165, 1.54) is 0 Å². The topological polar surface area (TPSA) is 0 Å². The maximum atomic E-state index is 2.00. The van der Waals surface area contributed by atoms with E-state index < -0.39 is 0 Å². The predicted molar refractivity (Wildman–Crippen MR) is 50.6 cm³/mol. The van der Waals surface area contributed by atoms with Gasteiger partial charge in [-0.2, -0.15) is 0 Å². The van der Waals surface area contributed by atoms with Crippen LogP contribution in [0, 0.1) is 14.9 Å². The first-order valence-corrected chi connectivity index (χ1v) is 3.00. The Morgan fingerprint density at radius 3 is 0.750 bits per heavy atom. The van der Waals surface area contributed by atoms with Crippen molar-refractivity contribution in [2.24, 2.45) is 0 Å². The van der Waals surface area contributed by atoms with Crippen LogP contribution in [0.5, 0.6) is 0 Å². The summed E-state index contributed by atoms with van der Waals surface area (Å²) < 4.78 is 0. The van der Waals surface area contributed by atoms with Gasteiger partial charge < -0.3 is 14.9 Å². The van der Waals surface area contributed by atoms with Crippen molar-refractivity contribution in [1.29, 1.82) is 0 Å². The zero-order valence-electron chi connectivity index (χ0n) is 8.55. The molecule has 0 unspecified atom stereocenters. The van der Waals surface area contributed by atoms with Crippen LogP contribution in [-0.4, -0.2) is 0 Å². The molecule has 0 heterocycles. The van der Waals surface area contributed by atoms with Gasteiger partial charge in [0.05, 0.1) is 0 Å². The molecule has 1 radical (unpaired) electrons. The quantitative estimate of drug-likeness (QED) is 0.405. The molecule has 12 heavy (non-hydrogen) atoms. The van der Waals surface area contributed by atoms with Crippen LogP contribution < -0.4 is 0 Å². The molecular weight excluding hydrogens is 573 g/mol. The Morgan fingerprint density at radius 2 is 0.667 bits per heavy atom. The minimum absolute atomic E-state index is 0. The third-order valence-corrected chi connectivity index (χ3v) is 0.667. The molecule has 0 spiro atoms. The Kier molecular flexibility index (Phi) is 83.7. The molecule has 0 aliphatic rings. The second kappa shape index (κ2) is 32.7. The SMILES string of the molecule is CC.[CH3-].[CH3-].[Re].[Rf].c1ccccc1. The fourth-order valence-electron chi connectivity index (χ4n) is 0.385. The van der Waals surface area contributed by atoms with E-state index in [1.54, 1.807) is 0 Å². The average molecular weight is 591 g/mol. The number of hydrogen-bond acceptors (Lipinski definition) is 0. The molecule has 0 fully saturated rings. The van der Waals surface area contributed by atoms with E-state index in [2.05, 4.69) is 0 Å². The molecule has 0 atom stereocenters. The molecule has 0 nitrogen and oxygen atoms in total. The molecule has 0 amide bonds. The van der Waals surface area contributed by atoms with Crippen molar-refractivity contribution in [2.45, 2.75) is 13.8 Å². The Balaban J connectivity index is -0.0000000257. The van der Waals surface area contributed by atoms with Gasteiger partial charge in [-0.25, -0.2) is 0 Å². The van der Waals surface area contributed by atoms with Gasteiger partial charge in [0.1, 0.15) is 0 Å². The maximum absolute atomic E-state index is 2.00. The van der Waals surface area contributed by atoms with Crippen LogP contribution in [0.4, 0.5) is 0 Å². The Bertz CT molecular complexity index is 81.8. The number of hydrogen-bond donors (Lipinski definition) is 0. The van der Waals surface area contributed by atoms with E-state index in [0.29, 0.717) is 0 Å². The molecule has 0 bridgehead atoms. The first kappa shape index (κ1) is 30.7. The second-order valence-corrected chi connectivity index (χ2v) is 1.15. The summed E-state index contributed by atoms with van der Waals surface area (Å²) in [7, 11) is 0. The van der Waals surface area contributed by atoms with Gasteiger partial charge in [-0.3, -0.25) is 0 Å². The molecule has 0 aliphatic carbocycles. The minimum Gasteiger partial charge on any atom is -0.358 e. The Hall–Kier alpha value is -1.12. The summed E-state index contributed by atoms with van der Waals surface area (Å²) in [6.07, 6.45) is 0. The summed E-state index contributed by atoms with van der Waals surface area (Å²) in [5.41, 5.74) is 0. The summed E-state index contributed by atoms with van der Waals surface area (Å²) >= 11 is 0. The van der Waals surface area contributed by atoms with Crippen molar-refractivity contribution in [3.05, 3.63) is 51.3 Å². The Labute approximate surface area is 85.7 Å². The fourth-order valence-corrected chi connectivity index (χ4v) is 0.385. The maximum Gasteiger partial charge on any atom is 0 e. The van der Waals surface area contributed by atoms with Crippen LogP contribution in [0.15, 0.2) is 36.4 Å². The van der Waals surface area contributed by atoms with Crippen LogP contribution in [0.1, 0.15) is 13.8 Å². The van der Waals surface area contributed by atoms with Crippen LogP contribution in [0.2, 0.25) is 0 Å². The van der Waals surface area contributed by atoms with Crippen LogP contribution in [-0.2, 0) is 20.4 Å². The second-order valence-electron chi connectivity index (χ2n) is 1.15. The monoisotopic (exact) mass is 592 g/mol. The Morgan fingerprint density at radius 1 is 0.583 bits per heavy atom. The van der Waals surface area contributed by atoms with Crippen LogP contribution >= 0.6 is 0 Å². The molecule has 1 aromatic rings. The number of rotatable bonds is 0. The van der Waals surface area contributed by atoms with Crippen LogP contribution in [0.3, 0.4) is 0 Å². The van der Waals surface area contributed by atoms with Gasteiger partial charge in [0.15, 0.2) is 0 Å². The van der Waals surface area contributed by atoms with E-state index in [-0.39, 0.29) is 35.3 Å². The van der Waals surface area contributed by atoms with Gasteiger partial charge in [0, 0.05) is 20.4 Å². The molecule has 1 rings (SSSR count). The summed E-state index contributed by atoms with van der Waals surface area (Å²) in [6.45, 7) is 4.00. The standard InChI is InChI=1S/C6H6.C2H6.2CH3.Re.Rf/c1-2-4-6-5-3-1;1-2;;;;/h1-6H;1-2H3;2*1H3;;/q;;2*-1;;. The molecule has 2 heteroatoms. The molecule has 0 aromatic heterocycles. The smallest absolute Gasteiger partial charge is 0 e.